The van der Waals surface area contributed by atoms with Crippen LogP contribution in [0.25, 0.3) is 11.3 Å². The van der Waals surface area contributed by atoms with E-state index in [0.29, 0.717) is 22.6 Å². The first-order valence-electron chi connectivity index (χ1n) is 5.94. The average molecular weight is 274 g/mol. The van der Waals surface area contributed by atoms with Crippen LogP contribution in [0, 0.1) is 0 Å². The van der Waals surface area contributed by atoms with E-state index in [0.717, 1.165) is 0 Å². The summed E-state index contributed by atoms with van der Waals surface area (Å²) < 4.78 is 15.3. The number of methoxy groups -OCH3 is 2. The first kappa shape index (κ1) is 13.9. The molecule has 0 aliphatic rings. The second-order valence-corrected chi connectivity index (χ2v) is 4.13. The normalized spacial score (nSPS) is 10.2. The molecule has 5 nitrogen and oxygen atoms in total. The fourth-order valence-electron chi connectivity index (χ4n) is 1.81. The molecule has 0 unspecified atom stereocenters. The molecule has 0 saturated heterocycles. The quantitative estimate of drug-likeness (QED) is 0.633. The Hall–Kier alpha value is -2.56. The van der Waals surface area contributed by atoms with E-state index < -0.39 is 5.97 Å². The Balaban J connectivity index is 2.46. The van der Waals surface area contributed by atoms with Crippen LogP contribution in [0.2, 0.25) is 0 Å². The zero-order valence-electron chi connectivity index (χ0n) is 11.4. The van der Waals surface area contributed by atoms with Gasteiger partial charge in [-0.25, -0.2) is 4.79 Å². The molecule has 1 aromatic carbocycles. The van der Waals surface area contributed by atoms with Gasteiger partial charge < -0.3 is 13.9 Å². The molecule has 1 heterocycles. The molecule has 2 rings (SSSR count). The van der Waals surface area contributed by atoms with Crippen molar-refractivity contribution >= 4 is 11.8 Å². The molecular formula is C15H14O5. The lowest BCUT2D eigenvalue weighted by Crippen LogP contribution is -2.04. The Morgan fingerprint density at radius 2 is 1.85 bits per heavy atom. The summed E-state index contributed by atoms with van der Waals surface area (Å²) >= 11 is 0. The van der Waals surface area contributed by atoms with E-state index in [1.807, 2.05) is 0 Å². The molecule has 0 amide bonds. The van der Waals surface area contributed by atoms with Crippen LogP contribution in [0.5, 0.6) is 5.75 Å². The summed E-state index contributed by atoms with van der Waals surface area (Å²) in [5.41, 5.74) is 0.965. The van der Waals surface area contributed by atoms with E-state index in [2.05, 4.69) is 0 Å². The highest BCUT2D eigenvalue weighted by molar-refractivity contribution is 5.94. The van der Waals surface area contributed by atoms with Gasteiger partial charge in [-0.1, -0.05) is 0 Å². The SMILES string of the molecule is COC(=O)c1cc(-c2ccc(C(C)=O)o2)ccc1OC. The van der Waals surface area contributed by atoms with Crippen LogP contribution in [0.1, 0.15) is 27.8 Å². The van der Waals surface area contributed by atoms with Gasteiger partial charge in [0, 0.05) is 12.5 Å². The van der Waals surface area contributed by atoms with Crippen LogP contribution in [-0.2, 0) is 4.74 Å². The summed E-state index contributed by atoms with van der Waals surface area (Å²) in [7, 11) is 2.78. The van der Waals surface area contributed by atoms with Gasteiger partial charge in [-0.05, 0) is 30.3 Å². The highest BCUT2D eigenvalue weighted by atomic mass is 16.5. The Kier molecular flexibility index (Phi) is 3.89. The minimum absolute atomic E-state index is 0.155. The van der Waals surface area contributed by atoms with Crippen LogP contribution in [0.3, 0.4) is 0 Å². The maximum absolute atomic E-state index is 11.7. The maximum atomic E-state index is 11.7. The molecule has 0 radical (unpaired) electrons. The number of benzene rings is 1. The van der Waals surface area contributed by atoms with E-state index in [-0.39, 0.29) is 11.5 Å². The van der Waals surface area contributed by atoms with Crippen molar-refractivity contribution in [1.82, 2.24) is 0 Å². The molecule has 0 saturated carbocycles. The van der Waals surface area contributed by atoms with E-state index >= 15 is 0 Å². The largest absolute Gasteiger partial charge is 0.496 e. The van der Waals surface area contributed by atoms with Crippen molar-refractivity contribution in [3.8, 4) is 17.1 Å². The minimum atomic E-state index is -0.498. The lowest BCUT2D eigenvalue weighted by atomic mass is 10.1. The molecule has 0 spiro atoms. The van der Waals surface area contributed by atoms with Crippen molar-refractivity contribution in [3.05, 3.63) is 41.7 Å². The second-order valence-electron chi connectivity index (χ2n) is 4.13. The van der Waals surface area contributed by atoms with Crippen LogP contribution >= 0.6 is 0 Å². The third kappa shape index (κ3) is 2.56. The molecule has 2 aromatic rings. The van der Waals surface area contributed by atoms with E-state index in [1.165, 1.54) is 21.1 Å². The molecule has 0 N–H and O–H groups in total. The van der Waals surface area contributed by atoms with Gasteiger partial charge in [-0.15, -0.1) is 0 Å². The predicted molar refractivity (Wildman–Crippen MR) is 72.0 cm³/mol. The number of carbonyl (C=O) groups is 2. The molecule has 0 bridgehead atoms. The number of esters is 1. The van der Waals surface area contributed by atoms with Gasteiger partial charge in [-0.2, -0.15) is 0 Å². The average Bonchev–Trinajstić information content (AvgIpc) is 2.95. The number of hydrogen-bond donors (Lipinski definition) is 0. The Morgan fingerprint density at radius 1 is 1.10 bits per heavy atom. The van der Waals surface area contributed by atoms with Gasteiger partial charge in [0.1, 0.15) is 17.1 Å². The molecule has 0 aliphatic heterocycles. The van der Waals surface area contributed by atoms with Crippen molar-refractivity contribution in [2.45, 2.75) is 6.92 Å². The van der Waals surface area contributed by atoms with Crippen LogP contribution in [-0.4, -0.2) is 26.0 Å². The second kappa shape index (κ2) is 5.61. The lowest BCUT2D eigenvalue weighted by molar-refractivity contribution is 0.0597. The smallest absolute Gasteiger partial charge is 0.341 e. The van der Waals surface area contributed by atoms with E-state index in [9.17, 15) is 9.59 Å². The zero-order chi connectivity index (χ0) is 14.7. The topological polar surface area (TPSA) is 65.7 Å². The van der Waals surface area contributed by atoms with Gasteiger partial charge in [0.2, 0.25) is 0 Å². The maximum Gasteiger partial charge on any atom is 0.341 e. The zero-order valence-corrected chi connectivity index (χ0v) is 11.4. The number of Topliss-reactive ketones (excluding diaryl/α,β-unsaturated/α-hetero) is 1. The molecule has 104 valence electrons. The summed E-state index contributed by atoms with van der Waals surface area (Å²) in [5.74, 6) is 0.539. The summed E-state index contributed by atoms with van der Waals surface area (Å²) in [6, 6.07) is 8.28. The Labute approximate surface area is 116 Å². The molecule has 0 aliphatic carbocycles. The van der Waals surface area contributed by atoms with Crippen molar-refractivity contribution in [1.29, 1.82) is 0 Å². The lowest BCUT2D eigenvalue weighted by Gasteiger charge is -2.08. The van der Waals surface area contributed by atoms with Crippen molar-refractivity contribution < 1.29 is 23.5 Å². The minimum Gasteiger partial charge on any atom is -0.496 e. The van der Waals surface area contributed by atoms with Gasteiger partial charge >= 0.3 is 5.97 Å². The van der Waals surface area contributed by atoms with E-state index in [4.69, 9.17) is 13.9 Å². The van der Waals surface area contributed by atoms with Gasteiger partial charge in [-0.3, -0.25) is 4.79 Å². The molecule has 0 fully saturated rings. The number of carbonyl (C=O) groups excluding carboxylic acids is 2. The summed E-state index contributed by atoms with van der Waals surface area (Å²) in [4.78, 5) is 22.9. The monoisotopic (exact) mass is 274 g/mol. The molecule has 5 heteroatoms. The van der Waals surface area contributed by atoms with Crippen LogP contribution < -0.4 is 4.74 Å². The number of hydrogen-bond acceptors (Lipinski definition) is 5. The fourth-order valence-corrected chi connectivity index (χ4v) is 1.81. The van der Waals surface area contributed by atoms with Gasteiger partial charge in [0.25, 0.3) is 0 Å². The number of furan rings is 1. The van der Waals surface area contributed by atoms with Crippen LogP contribution in [0.4, 0.5) is 0 Å². The highest BCUT2D eigenvalue weighted by Gasteiger charge is 2.16. The third-order valence-electron chi connectivity index (χ3n) is 2.84. The third-order valence-corrected chi connectivity index (χ3v) is 2.84. The standard InChI is InChI=1S/C15H14O5/c1-9(16)12-6-7-13(20-12)10-4-5-14(18-2)11(8-10)15(17)19-3/h4-8H,1-3H3. The van der Waals surface area contributed by atoms with Crippen molar-refractivity contribution in [2.75, 3.05) is 14.2 Å². The van der Waals surface area contributed by atoms with Crippen molar-refractivity contribution in [2.24, 2.45) is 0 Å². The molecular weight excluding hydrogens is 260 g/mol. The summed E-state index contributed by atoms with van der Waals surface area (Å²) in [6.07, 6.45) is 0. The number of ether oxygens (including phenoxy) is 2. The number of rotatable bonds is 4. The van der Waals surface area contributed by atoms with Crippen molar-refractivity contribution in [3.63, 3.8) is 0 Å². The number of ketones is 1. The molecule has 1 aromatic heterocycles. The molecule has 0 atom stereocenters. The Morgan fingerprint density at radius 3 is 2.40 bits per heavy atom. The first-order valence-corrected chi connectivity index (χ1v) is 5.94. The first-order chi connectivity index (χ1) is 9.56. The summed E-state index contributed by atoms with van der Waals surface area (Å²) in [5, 5.41) is 0. The van der Waals surface area contributed by atoms with E-state index in [1.54, 1.807) is 30.3 Å². The fraction of sp³-hybridized carbons (Fsp3) is 0.200. The Bertz CT molecular complexity index is 654. The van der Waals surface area contributed by atoms with Gasteiger partial charge in [0.15, 0.2) is 11.5 Å². The summed E-state index contributed by atoms with van der Waals surface area (Å²) in [6.45, 7) is 1.43. The highest BCUT2D eigenvalue weighted by Crippen LogP contribution is 2.28. The van der Waals surface area contributed by atoms with Gasteiger partial charge in [0.05, 0.1) is 14.2 Å². The molecule has 20 heavy (non-hydrogen) atoms. The van der Waals surface area contributed by atoms with Crippen LogP contribution in [0.15, 0.2) is 34.7 Å². The predicted octanol–water partition coefficient (Wildman–Crippen LogP) is 2.94.